The number of benzene rings is 1. The summed E-state index contributed by atoms with van der Waals surface area (Å²) in [6.07, 6.45) is 14.5. The lowest BCUT2D eigenvalue weighted by molar-refractivity contribution is -0.135. The molecular formula is C25H40O2. The largest absolute Gasteiger partial charge is 0.461 e. The van der Waals surface area contributed by atoms with Crippen molar-refractivity contribution in [1.29, 1.82) is 0 Å². The van der Waals surface area contributed by atoms with E-state index < -0.39 is 0 Å². The zero-order chi connectivity index (χ0) is 19.8. The molecule has 0 bridgehead atoms. The van der Waals surface area contributed by atoms with Crippen molar-refractivity contribution in [3.8, 4) is 0 Å². The van der Waals surface area contributed by atoms with E-state index in [1.54, 1.807) is 0 Å². The smallest absolute Gasteiger partial charge is 0.293 e. The molecule has 0 saturated heterocycles. The predicted molar refractivity (Wildman–Crippen MR) is 114 cm³/mol. The zero-order valence-corrected chi connectivity index (χ0v) is 18.1. The first-order valence-corrected chi connectivity index (χ1v) is 11.0. The van der Waals surface area contributed by atoms with E-state index in [1.807, 2.05) is 0 Å². The summed E-state index contributed by atoms with van der Waals surface area (Å²) >= 11 is 0. The Morgan fingerprint density at radius 1 is 1.00 bits per heavy atom. The number of unbranched alkanes of at least 4 members (excludes halogenated alkanes) is 4. The molecule has 0 aliphatic heterocycles. The van der Waals surface area contributed by atoms with Crippen molar-refractivity contribution in [2.45, 2.75) is 110 Å². The van der Waals surface area contributed by atoms with Crippen LogP contribution in [0.5, 0.6) is 0 Å². The van der Waals surface area contributed by atoms with Gasteiger partial charge in [0.25, 0.3) is 6.47 Å². The van der Waals surface area contributed by atoms with Gasteiger partial charge in [-0.1, -0.05) is 58.2 Å². The van der Waals surface area contributed by atoms with Gasteiger partial charge in [-0.3, -0.25) is 4.79 Å². The SMILES string of the molecule is Cc1ccc(CCCCC2(OC=O)CC2)cc1CCCCCCC(C)(C)C. The summed E-state index contributed by atoms with van der Waals surface area (Å²) in [6, 6.07) is 7.01. The molecule has 0 radical (unpaired) electrons. The number of aryl methyl sites for hydroxylation is 3. The molecule has 1 aliphatic rings. The van der Waals surface area contributed by atoms with Crippen LogP contribution in [0.2, 0.25) is 0 Å². The maximum Gasteiger partial charge on any atom is 0.293 e. The first kappa shape index (κ1) is 22.0. The summed E-state index contributed by atoms with van der Waals surface area (Å²) in [5.74, 6) is 0. The van der Waals surface area contributed by atoms with Crippen LogP contribution in [0, 0.1) is 12.3 Å². The molecule has 0 unspecified atom stereocenters. The van der Waals surface area contributed by atoms with E-state index in [4.69, 9.17) is 4.74 Å². The zero-order valence-electron chi connectivity index (χ0n) is 18.1. The Morgan fingerprint density at radius 3 is 2.37 bits per heavy atom. The molecule has 152 valence electrons. The third kappa shape index (κ3) is 8.49. The molecule has 2 heteroatoms. The van der Waals surface area contributed by atoms with Crippen molar-refractivity contribution in [2.24, 2.45) is 5.41 Å². The minimum atomic E-state index is -0.0901. The lowest BCUT2D eigenvalue weighted by atomic mass is 9.89. The molecular weight excluding hydrogens is 332 g/mol. The fourth-order valence-electron chi connectivity index (χ4n) is 3.92. The van der Waals surface area contributed by atoms with Gasteiger partial charge in [0, 0.05) is 0 Å². The van der Waals surface area contributed by atoms with Crippen LogP contribution < -0.4 is 0 Å². The summed E-state index contributed by atoms with van der Waals surface area (Å²) in [7, 11) is 0. The predicted octanol–water partition coefficient (Wildman–Crippen LogP) is 6.95. The summed E-state index contributed by atoms with van der Waals surface area (Å²) < 4.78 is 5.24. The van der Waals surface area contributed by atoms with Gasteiger partial charge in [-0.05, 0) is 86.8 Å². The van der Waals surface area contributed by atoms with E-state index in [0.29, 0.717) is 11.9 Å². The number of ether oxygens (including phenoxy) is 1. The van der Waals surface area contributed by atoms with Crippen molar-refractivity contribution < 1.29 is 9.53 Å². The van der Waals surface area contributed by atoms with Gasteiger partial charge < -0.3 is 4.74 Å². The molecule has 0 spiro atoms. The number of carbonyl (C=O) groups excluding carboxylic acids is 1. The Balaban J connectivity index is 1.66. The number of carbonyl (C=O) groups is 1. The average molecular weight is 373 g/mol. The first-order chi connectivity index (χ1) is 12.8. The second-order valence-electron chi connectivity index (χ2n) is 9.84. The van der Waals surface area contributed by atoms with Crippen LogP contribution in [-0.2, 0) is 22.4 Å². The fraction of sp³-hybridized carbons (Fsp3) is 0.720. The van der Waals surface area contributed by atoms with Crippen LogP contribution in [0.4, 0.5) is 0 Å². The van der Waals surface area contributed by atoms with Crippen molar-refractivity contribution >= 4 is 6.47 Å². The lowest BCUT2D eigenvalue weighted by Gasteiger charge is -2.17. The van der Waals surface area contributed by atoms with Gasteiger partial charge in [-0.2, -0.15) is 0 Å². The van der Waals surface area contributed by atoms with Crippen molar-refractivity contribution in [1.82, 2.24) is 0 Å². The quantitative estimate of drug-likeness (QED) is 0.276. The Morgan fingerprint density at radius 2 is 1.70 bits per heavy atom. The maximum atomic E-state index is 10.6. The molecule has 1 aromatic carbocycles. The molecule has 1 saturated carbocycles. The second-order valence-corrected chi connectivity index (χ2v) is 9.84. The fourth-order valence-corrected chi connectivity index (χ4v) is 3.92. The third-order valence-electron chi connectivity index (χ3n) is 5.99. The Kier molecular flexibility index (Phi) is 8.38. The van der Waals surface area contributed by atoms with Gasteiger partial charge in [0.05, 0.1) is 0 Å². The maximum absolute atomic E-state index is 10.6. The molecule has 0 amide bonds. The Bertz CT molecular complexity index is 578. The topological polar surface area (TPSA) is 26.3 Å². The lowest BCUT2D eigenvalue weighted by Crippen LogP contribution is -2.12. The highest BCUT2D eigenvalue weighted by atomic mass is 16.5. The van der Waals surface area contributed by atoms with Gasteiger partial charge in [0.2, 0.25) is 0 Å². The number of hydrogen-bond donors (Lipinski definition) is 0. The first-order valence-electron chi connectivity index (χ1n) is 11.0. The number of hydrogen-bond acceptors (Lipinski definition) is 2. The van der Waals surface area contributed by atoms with E-state index in [9.17, 15) is 4.79 Å². The summed E-state index contributed by atoms with van der Waals surface area (Å²) in [4.78, 5) is 10.6. The van der Waals surface area contributed by atoms with Gasteiger partial charge >= 0.3 is 0 Å². The third-order valence-corrected chi connectivity index (χ3v) is 5.99. The van der Waals surface area contributed by atoms with E-state index in [2.05, 4.69) is 45.9 Å². The van der Waals surface area contributed by atoms with Crippen LogP contribution in [0.3, 0.4) is 0 Å². The van der Waals surface area contributed by atoms with E-state index in [-0.39, 0.29) is 5.60 Å². The molecule has 1 aromatic rings. The van der Waals surface area contributed by atoms with Crippen LogP contribution in [0.15, 0.2) is 18.2 Å². The monoisotopic (exact) mass is 372 g/mol. The van der Waals surface area contributed by atoms with Crippen LogP contribution >= 0.6 is 0 Å². The van der Waals surface area contributed by atoms with E-state index >= 15 is 0 Å². The summed E-state index contributed by atoms with van der Waals surface area (Å²) in [5.41, 5.74) is 4.82. The molecule has 1 aliphatic carbocycles. The highest BCUT2D eigenvalue weighted by Crippen LogP contribution is 2.43. The van der Waals surface area contributed by atoms with Crippen molar-refractivity contribution in [3.05, 3.63) is 34.9 Å². The van der Waals surface area contributed by atoms with Gasteiger partial charge in [0.15, 0.2) is 0 Å². The Labute approximate surface area is 167 Å². The minimum absolute atomic E-state index is 0.0901. The molecule has 2 nitrogen and oxygen atoms in total. The second kappa shape index (κ2) is 10.3. The Hall–Kier alpha value is -1.31. The van der Waals surface area contributed by atoms with Crippen LogP contribution in [0.25, 0.3) is 0 Å². The van der Waals surface area contributed by atoms with Gasteiger partial charge in [-0.25, -0.2) is 0 Å². The molecule has 2 rings (SSSR count). The molecule has 0 aromatic heterocycles. The average Bonchev–Trinajstić information content (AvgIpc) is 3.36. The van der Waals surface area contributed by atoms with E-state index in [1.165, 1.54) is 61.6 Å². The highest BCUT2D eigenvalue weighted by Gasteiger charge is 2.44. The molecule has 0 N–H and O–H groups in total. The summed E-state index contributed by atoms with van der Waals surface area (Å²) in [5, 5.41) is 0. The van der Waals surface area contributed by atoms with Crippen LogP contribution in [-0.4, -0.2) is 12.1 Å². The molecule has 27 heavy (non-hydrogen) atoms. The van der Waals surface area contributed by atoms with Gasteiger partial charge in [0.1, 0.15) is 5.60 Å². The van der Waals surface area contributed by atoms with Crippen molar-refractivity contribution in [2.75, 3.05) is 0 Å². The van der Waals surface area contributed by atoms with E-state index in [0.717, 1.165) is 32.1 Å². The summed E-state index contributed by atoms with van der Waals surface area (Å²) in [6.45, 7) is 9.87. The van der Waals surface area contributed by atoms with Gasteiger partial charge in [-0.15, -0.1) is 0 Å². The standard InChI is InChI=1S/C25H40O2/c1-21-13-14-22(11-8-10-16-25(17-18-25)27-20-26)19-23(21)12-7-5-6-9-15-24(2,3)4/h13-14,19-20H,5-12,15-18H2,1-4H3. The normalized spacial score (nSPS) is 15.6. The molecule has 0 heterocycles. The molecule has 1 fully saturated rings. The minimum Gasteiger partial charge on any atom is -0.461 e. The van der Waals surface area contributed by atoms with Crippen LogP contribution in [0.1, 0.15) is 102 Å². The number of rotatable bonds is 13. The molecule has 0 atom stereocenters. The highest BCUT2D eigenvalue weighted by molar-refractivity contribution is 5.39. The van der Waals surface area contributed by atoms with Crippen molar-refractivity contribution in [3.63, 3.8) is 0 Å².